The normalized spacial score (nSPS) is 25.6. The Balaban J connectivity index is 1.45. The molecule has 2 aliphatic heterocycles. The molecule has 2 aliphatic rings. The molecule has 4 atom stereocenters. The summed E-state index contributed by atoms with van der Waals surface area (Å²) in [7, 11) is 0. The van der Waals surface area contributed by atoms with Gasteiger partial charge in [-0.25, -0.2) is 13.2 Å². The minimum absolute atomic E-state index is 0.0872. The second kappa shape index (κ2) is 10.9. The monoisotopic (exact) mass is 478 g/mol. The highest BCUT2D eigenvalue weighted by Crippen LogP contribution is 2.39. The number of hydrogen-bond acceptors (Lipinski definition) is 3. The molecule has 2 aromatic rings. The van der Waals surface area contributed by atoms with Gasteiger partial charge in [-0.2, -0.15) is 4.39 Å². The van der Waals surface area contributed by atoms with Gasteiger partial charge >= 0.3 is 0 Å². The molecule has 2 heterocycles. The Hall–Kier alpha value is -2.38. The number of hydrogen-bond donors (Lipinski definition) is 0. The van der Waals surface area contributed by atoms with Crippen LogP contribution in [0.4, 0.5) is 17.6 Å². The van der Waals surface area contributed by atoms with Gasteiger partial charge in [-0.3, -0.25) is 0 Å². The summed E-state index contributed by atoms with van der Waals surface area (Å²) in [5.74, 6) is -4.44. The average Bonchev–Trinajstić information content (AvgIpc) is 2.85. The average molecular weight is 479 g/mol. The zero-order valence-electron chi connectivity index (χ0n) is 19.5. The quantitative estimate of drug-likeness (QED) is 0.326. The lowest BCUT2D eigenvalue weighted by Gasteiger charge is -2.37. The van der Waals surface area contributed by atoms with Gasteiger partial charge in [-0.15, -0.1) is 0 Å². The van der Waals surface area contributed by atoms with Crippen molar-refractivity contribution in [3.8, 4) is 16.9 Å². The lowest BCUT2D eigenvalue weighted by Crippen LogP contribution is -2.36. The minimum Gasteiger partial charge on any atom is -0.491 e. The standard InChI is InChI=1S/C27H30F4O3/c1-3-5-16-6-11-21(33-14-16)17-7-12-22(34-15-17)20-9-8-18(24(28)26(20)30)19-10-13-23(32-4-2)27(31)25(19)29/h3,5,8-10,13,16-17,21-22H,4,6-7,11-12,14-15H2,1-2H3/b5-3+. The van der Waals surface area contributed by atoms with Crippen LogP contribution in [0.15, 0.2) is 36.4 Å². The second-order valence-corrected chi connectivity index (χ2v) is 8.90. The lowest BCUT2D eigenvalue weighted by molar-refractivity contribution is -0.0997. The topological polar surface area (TPSA) is 27.7 Å². The van der Waals surface area contributed by atoms with Gasteiger partial charge in [-0.1, -0.05) is 24.3 Å². The summed E-state index contributed by atoms with van der Waals surface area (Å²) in [4.78, 5) is 0. The summed E-state index contributed by atoms with van der Waals surface area (Å²) in [5.41, 5.74) is -0.621. The zero-order valence-corrected chi connectivity index (χ0v) is 19.5. The number of ether oxygens (including phenoxy) is 3. The molecule has 3 nitrogen and oxygen atoms in total. The zero-order chi connectivity index (χ0) is 24.2. The third-order valence-electron chi connectivity index (χ3n) is 6.74. The Morgan fingerprint density at radius 3 is 2.21 bits per heavy atom. The van der Waals surface area contributed by atoms with Crippen LogP contribution < -0.4 is 4.74 Å². The van der Waals surface area contributed by atoms with E-state index in [9.17, 15) is 13.2 Å². The molecule has 184 valence electrons. The van der Waals surface area contributed by atoms with Crippen molar-refractivity contribution in [1.82, 2.24) is 0 Å². The molecule has 0 bridgehead atoms. The second-order valence-electron chi connectivity index (χ2n) is 8.90. The van der Waals surface area contributed by atoms with E-state index in [0.29, 0.717) is 25.6 Å². The van der Waals surface area contributed by atoms with Gasteiger partial charge < -0.3 is 14.2 Å². The molecule has 0 aliphatic carbocycles. The lowest BCUT2D eigenvalue weighted by atomic mass is 9.85. The highest BCUT2D eigenvalue weighted by molar-refractivity contribution is 5.66. The molecule has 0 N–H and O–H groups in total. The minimum atomic E-state index is -1.28. The van der Waals surface area contributed by atoms with Crippen LogP contribution in [0.5, 0.6) is 5.75 Å². The number of benzene rings is 2. The molecule has 7 heteroatoms. The van der Waals surface area contributed by atoms with Crippen molar-refractivity contribution in [1.29, 1.82) is 0 Å². The van der Waals surface area contributed by atoms with Crippen molar-refractivity contribution in [2.24, 2.45) is 11.8 Å². The highest BCUT2D eigenvalue weighted by atomic mass is 19.2. The van der Waals surface area contributed by atoms with Gasteiger partial charge in [0.1, 0.15) is 0 Å². The van der Waals surface area contributed by atoms with Crippen molar-refractivity contribution in [2.75, 3.05) is 19.8 Å². The van der Waals surface area contributed by atoms with Crippen LogP contribution >= 0.6 is 0 Å². The van der Waals surface area contributed by atoms with E-state index in [0.717, 1.165) is 19.3 Å². The first-order valence-corrected chi connectivity index (χ1v) is 11.9. The fraction of sp³-hybridized carbons (Fsp3) is 0.481. The van der Waals surface area contributed by atoms with Crippen molar-refractivity contribution >= 4 is 0 Å². The first-order valence-electron chi connectivity index (χ1n) is 11.9. The Labute approximate surface area is 197 Å². The van der Waals surface area contributed by atoms with Gasteiger partial charge in [0.25, 0.3) is 0 Å². The van der Waals surface area contributed by atoms with Crippen LogP contribution in [0, 0.1) is 35.1 Å². The molecular weight excluding hydrogens is 448 g/mol. The van der Waals surface area contributed by atoms with E-state index in [-0.39, 0.29) is 41.1 Å². The number of allylic oxidation sites excluding steroid dienone is 1. The molecule has 0 saturated carbocycles. The molecule has 0 aromatic heterocycles. The molecule has 4 unspecified atom stereocenters. The molecule has 0 spiro atoms. The molecule has 2 fully saturated rings. The van der Waals surface area contributed by atoms with Crippen LogP contribution in [-0.2, 0) is 9.47 Å². The summed E-state index contributed by atoms with van der Waals surface area (Å²) in [6.07, 6.45) is 7.07. The van der Waals surface area contributed by atoms with Gasteiger partial charge in [0, 0.05) is 28.5 Å². The van der Waals surface area contributed by atoms with E-state index in [2.05, 4.69) is 6.08 Å². The smallest absolute Gasteiger partial charge is 0.201 e. The third-order valence-corrected chi connectivity index (χ3v) is 6.74. The van der Waals surface area contributed by atoms with Crippen LogP contribution in [0.3, 0.4) is 0 Å². The highest BCUT2D eigenvalue weighted by Gasteiger charge is 2.34. The summed E-state index contributed by atoms with van der Waals surface area (Å²) in [5, 5.41) is 0. The van der Waals surface area contributed by atoms with Gasteiger partial charge in [0.15, 0.2) is 23.2 Å². The van der Waals surface area contributed by atoms with E-state index < -0.39 is 29.4 Å². The summed E-state index contributed by atoms with van der Waals surface area (Å²) >= 11 is 0. The van der Waals surface area contributed by atoms with Crippen molar-refractivity contribution in [2.45, 2.75) is 51.7 Å². The molecule has 34 heavy (non-hydrogen) atoms. The van der Waals surface area contributed by atoms with Gasteiger partial charge in [0.05, 0.1) is 32.0 Å². The first-order chi connectivity index (χ1) is 16.4. The largest absolute Gasteiger partial charge is 0.491 e. The Kier molecular flexibility index (Phi) is 7.94. The van der Waals surface area contributed by atoms with Gasteiger partial charge in [-0.05, 0) is 51.7 Å². The maximum absolute atomic E-state index is 15.0. The van der Waals surface area contributed by atoms with Crippen molar-refractivity contribution in [3.63, 3.8) is 0 Å². The first kappa shape index (κ1) is 24.7. The van der Waals surface area contributed by atoms with Crippen LogP contribution in [0.25, 0.3) is 11.1 Å². The van der Waals surface area contributed by atoms with Gasteiger partial charge in [0.2, 0.25) is 5.82 Å². The predicted molar refractivity (Wildman–Crippen MR) is 122 cm³/mol. The Morgan fingerprint density at radius 1 is 0.853 bits per heavy atom. The van der Waals surface area contributed by atoms with Crippen molar-refractivity contribution in [3.05, 3.63) is 65.2 Å². The maximum Gasteiger partial charge on any atom is 0.201 e. The summed E-state index contributed by atoms with van der Waals surface area (Å²) in [6, 6.07) is 5.06. The molecular formula is C27H30F4O3. The van der Waals surface area contributed by atoms with E-state index in [1.165, 1.54) is 24.3 Å². The third kappa shape index (κ3) is 5.01. The van der Waals surface area contributed by atoms with E-state index in [1.54, 1.807) is 6.92 Å². The van der Waals surface area contributed by atoms with Crippen molar-refractivity contribution < 1.29 is 31.8 Å². The Morgan fingerprint density at radius 2 is 1.59 bits per heavy atom. The summed E-state index contributed by atoms with van der Waals surface area (Å²) in [6.45, 7) is 4.89. The maximum atomic E-state index is 15.0. The van der Waals surface area contributed by atoms with E-state index in [4.69, 9.17) is 14.2 Å². The SMILES string of the molecule is C/C=C/C1CCC(C2CCC(c3ccc(-c4ccc(OCC)c(F)c4F)c(F)c3F)OC2)OC1. The van der Waals surface area contributed by atoms with Crippen LogP contribution in [-0.4, -0.2) is 25.9 Å². The molecule has 2 aromatic carbocycles. The van der Waals surface area contributed by atoms with Crippen LogP contribution in [0.2, 0.25) is 0 Å². The van der Waals surface area contributed by atoms with Crippen LogP contribution in [0.1, 0.15) is 51.2 Å². The predicted octanol–water partition coefficient (Wildman–Crippen LogP) is 7.15. The van der Waals surface area contributed by atoms with E-state index >= 15 is 4.39 Å². The summed E-state index contributed by atoms with van der Waals surface area (Å²) < 4.78 is 75.7. The molecule has 0 radical (unpaired) electrons. The molecule has 2 saturated heterocycles. The Bertz CT molecular complexity index is 1020. The fourth-order valence-corrected chi connectivity index (χ4v) is 4.93. The molecule has 4 rings (SSSR count). The van der Waals surface area contributed by atoms with E-state index in [1.807, 2.05) is 13.0 Å². The number of halogens is 4. The number of rotatable bonds is 6. The molecule has 0 amide bonds. The fourth-order valence-electron chi connectivity index (χ4n) is 4.93.